The van der Waals surface area contributed by atoms with E-state index in [2.05, 4.69) is 69.0 Å². The molecule has 0 saturated heterocycles. The Morgan fingerprint density at radius 3 is 2.05 bits per heavy atom. The van der Waals surface area contributed by atoms with Gasteiger partial charge in [-0.1, -0.05) is 13.8 Å². The minimum absolute atomic E-state index is 0.108. The number of hydrogen-bond donors (Lipinski definition) is 1. The van der Waals surface area contributed by atoms with Crippen molar-refractivity contribution in [3.05, 3.63) is 45.0 Å². The van der Waals surface area contributed by atoms with Crippen LogP contribution in [0.15, 0.2) is 17.9 Å². The number of fused-ring (bicyclic) bond motifs is 2. The minimum Gasteiger partial charge on any atom is -0.462 e. The molecule has 0 unspecified atom stereocenters. The van der Waals surface area contributed by atoms with Crippen molar-refractivity contribution in [2.24, 2.45) is 5.92 Å². The number of benzene rings is 1. The van der Waals surface area contributed by atoms with E-state index in [1.54, 1.807) is 20.8 Å². The van der Waals surface area contributed by atoms with E-state index in [4.69, 9.17) is 9.47 Å². The fraction of sp³-hybridized carbons (Fsp3) is 0.423. The lowest BCUT2D eigenvalue weighted by molar-refractivity contribution is -0.152. The standard InChI is InChI=1S/C26H24Br4N2O7S/c1-4-38-25(36)14-11-7-5-6-8-12(11)40-22(14)31-13(33)9-39-26(37)21(10(2)3)32-23(34)15-16(24(32)35)18(28)20(30)19(29)17(15)27/h10,21H,4-9H2,1-3H3,(H,31,33)/t21-/m1/s1. The first-order valence-electron chi connectivity index (χ1n) is 12.4. The van der Waals surface area contributed by atoms with Gasteiger partial charge in [-0.3, -0.25) is 19.3 Å². The first-order chi connectivity index (χ1) is 18.9. The number of carbonyl (C=O) groups is 5. The number of thiophene rings is 1. The predicted molar refractivity (Wildman–Crippen MR) is 163 cm³/mol. The van der Waals surface area contributed by atoms with Crippen LogP contribution in [0.5, 0.6) is 0 Å². The number of rotatable bonds is 8. The molecule has 1 aromatic heterocycles. The Morgan fingerprint density at radius 1 is 0.925 bits per heavy atom. The quantitative estimate of drug-likeness (QED) is 0.137. The maximum absolute atomic E-state index is 13.4. The smallest absolute Gasteiger partial charge is 0.341 e. The van der Waals surface area contributed by atoms with Crippen LogP contribution in [0.4, 0.5) is 5.00 Å². The first kappa shape index (κ1) is 31.3. The van der Waals surface area contributed by atoms with Crippen LogP contribution in [0.2, 0.25) is 0 Å². The third kappa shape index (κ3) is 5.70. The lowest BCUT2D eigenvalue weighted by atomic mass is 9.95. The molecular weight excluding hydrogens is 804 g/mol. The molecule has 214 valence electrons. The summed E-state index contributed by atoms with van der Waals surface area (Å²) in [6, 6.07) is -1.28. The molecule has 9 nitrogen and oxygen atoms in total. The summed E-state index contributed by atoms with van der Waals surface area (Å²) in [6.45, 7) is 4.59. The van der Waals surface area contributed by atoms with Crippen LogP contribution >= 0.6 is 75.1 Å². The van der Waals surface area contributed by atoms with Gasteiger partial charge in [0.25, 0.3) is 17.7 Å². The molecule has 3 amide bonds. The molecule has 40 heavy (non-hydrogen) atoms. The third-order valence-corrected chi connectivity index (χ3v) is 12.5. The van der Waals surface area contributed by atoms with Crippen molar-refractivity contribution in [3.63, 3.8) is 0 Å². The summed E-state index contributed by atoms with van der Waals surface area (Å²) < 4.78 is 12.3. The monoisotopic (exact) mass is 824 g/mol. The summed E-state index contributed by atoms with van der Waals surface area (Å²) >= 11 is 14.8. The molecule has 0 spiro atoms. The van der Waals surface area contributed by atoms with Crippen molar-refractivity contribution in [3.8, 4) is 0 Å². The number of nitrogens with one attached hydrogen (secondary N) is 1. The maximum atomic E-state index is 13.4. The second-order valence-electron chi connectivity index (χ2n) is 9.47. The second-order valence-corrected chi connectivity index (χ2v) is 13.7. The first-order valence-corrected chi connectivity index (χ1v) is 16.4. The zero-order chi connectivity index (χ0) is 29.5. The molecule has 0 radical (unpaired) electrons. The summed E-state index contributed by atoms with van der Waals surface area (Å²) in [6.07, 6.45) is 3.47. The number of carbonyl (C=O) groups excluding carboxylic acids is 5. The maximum Gasteiger partial charge on any atom is 0.341 e. The van der Waals surface area contributed by atoms with Gasteiger partial charge in [0.15, 0.2) is 6.61 Å². The fourth-order valence-electron chi connectivity index (χ4n) is 4.75. The van der Waals surface area contributed by atoms with Crippen molar-refractivity contribution < 1.29 is 33.4 Å². The van der Waals surface area contributed by atoms with Gasteiger partial charge in [0.1, 0.15) is 11.0 Å². The summed E-state index contributed by atoms with van der Waals surface area (Å²) in [5, 5.41) is 3.05. The van der Waals surface area contributed by atoms with Crippen LogP contribution in [0, 0.1) is 5.92 Å². The van der Waals surface area contributed by atoms with E-state index >= 15 is 0 Å². The Balaban J connectivity index is 1.52. The molecule has 4 rings (SSSR count). The van der Waals surface area contributed by atoms with Crippen molar-refractivity contribution in [2.75, 3.05) is 18.5 Å². The Hall–Kier alpha value is -1.61. The summed E-state index contributed by atoms with van der Waals surface area (Å²) in [5.41, 5.74) is 1.46. The highest BCUT2D eigenvalue weighted by Gasteiger charge is 2.48. The number of aryl methyl sites for hydroxylation is 1. The fourth-order valence-corrected chi connectivity index (χ4v) is 8.50. The van der Waals surface area contributed by atoms with Gasteiger partial charge >= 0.3 is 11.9 Å². The molecule has 1 aliphatic carbocycles. The molecule has 1 aromatic carbocycles. The lowest BCUT2D eigenvalue weighted by Gasteiger charge is -2.27. The van der Waals surface area contributed by atoms with Crippen LogP contribution in [-0.2, 0) is 31.9 Å². The molecule has 2 aromatic rings. The molecule has 0 saturated carbocycles. The Morgan fingerprint density at radius 2 is 1.50 bits per heavy atom. The highest BCUT2D eigenvalue weighted by atomic mass is 79.9. The number of anilines is 1. The third-order valence-electron chi connectivity index (χ3n) is 6.53. The van der Waals surface area contributed by atoms with Crippen molar-refractivity contribution in [2.45, 2.75) is 52.5 Å². The molecule has 0 fully saturated rings. The summed E-state index contributed by atoms with van der Waals surface area (Å²) in [7, 11) is 0. The van der Waals surface area contributed by atoms with E-state index in [1.807, 2.05) is 0 Å². The molecule has 1 aliphatic heterocycles. The number of halogens is 4. The molecule has 2 aliphatic rings. The van der Waals surface area contributed by atoms with Crippen molar-refractivity contribution in [1.82, 2.24) is 4.90 Å². The van der Waals surface area contributed by atoms with Gasteiger partial charge in [-0.2, -0.15) is 0 Å². The lowest BCUT2D eigenvalue weighted by Crippen LogP contribution is -2.49. The van der Waals surface area contributed by atoms with E-state index in [0.717, 1.165) is 41.0 Å². The summed E-state index contributed by atoms with van der Waals surface area (Å²) in [5.74, 6) is -3.90. The van der Waals surface area contributed by atoms with Crippen LogP contribution < -0.4 is 5.32 Å². The molecule has 2 heterocycles. The Bertz CT molecular complexity index is 1390. The van der Waals surface area contributed by atoms with Gasteiger partial charge in [-0.25, -0.2) is 9.59 Å². The predicted octanol–water partition coefficient (Wildman–Crippen LogP) is 6.66. The Labute approximate surface area is 268 Å². The highest BCUT2D eigenvalue weighted by Crippen LogP contribution is 2.46. The second kappa shape index (κ2) is 12.7. The van der Waals surface area contributed by atoms with Crippen LogP contribution in [0.1, 0.15) is 75.1 Å². The van der Waals surface area contributed by atoms with E-state index in [0.29, 0.717) is 28.5 Å². The van der Waals surface area contributed by atoms with Gasteiger partial charge in [-0.05, 0) is 108 Å². The van der Waals surface area contributed by atoms with E-state index in [-0.39, 0.29) is 17.7 Å². The zero-order valence-corrected chi connectivity index (χ0v) is 28.8. The van der Waals surface area contributed by atoms with Gasteiger partial charge in [0.2, 0.25) is 0 Å². The van der Waals surface area contributed by atoms with Gasteiger partial charge in [0.05, 0.1) is 23.3 Å². The van der Waals surface area contributed by atoms with Crippen molar-refractivity contribution in [1.29, 1.82) is 0 Å². The number of hydrogen-bond acceptors (Lipinski definition) is 8. The highest BCUT2D eigenvalue weighted by molar-refractivity contribution is 9.15. The van der Waals surface area contributed by atoms with Gasteiger partial charge in [-0.15, -0.1) is 11.3 Å². The largest absolute Gasteiger partial charge is 0.462 e. The van der Waals surface area contributed by atoms with Gasteiger partial charge in [0, 0.05) is 22.8 Å². The summed E-state index contributed by atoms with van der Waals surface area (Å²) in [4.78, 5) is 67.5. The number of esters is 2. The number of imide groups is 1. The zero-order valence-electron chi connectivity index (χ0n) is 21.6. The average Bonchev–Trinajstić information content (AvgIpc) is 3.39. The van der Waals surface area contributed by atoms with Crippen LogP contribution in [0.3, 0.4) is 0 Å². The topological polar surface area (TPSA) is 119 Å². The van der Waals surface area contributed by atoms with E-state index in [9.17, 15) is 24.0 Å². The molecular formula is C26H24Br4N2O7S. The Kier molecular flexibility index (Phi) is 9.96. The van der Waals surface area contributed by atoms with E-state index in [1.165, 1.54) is 11.3 Å². The van der Waals surface area contributed by atoms with Crippen LogP contribution in [0.25, 0.3) is 0 Å². The minimum atomic E-state index is -1.28. The molecule has 1 N–H and O–H groups in total. The van der Waals surface area contributed by atoms with E-state index < -0.39 is 48.2 Å². The number of ether oxygens (including phenoxy) is 2. The number of nitrogens with zero attached hydrogens (tertiary/aromatic N) is 1. The number of amides is 3. The molecule has 14 heteroatoms. The average molecular weight is 828 g/mol. The normalized spacial score (nSPS) is 15.2. The SMILES string of the molecule is CCOC(=O)c1c(NC(=O)COC(=O)[C@@H](C(C)C)N2C(=O)c3c(Br)c(Br)c(Br)c(Br)c3C2=O)sc2c1CCCC2. The van der Waals surface area contributed by atoms with Crippen molar-refractivity contribution >= 4 is 110 Å². The molecule has 0 bridgehead atoms. The van der Waals surface area contributed by atoms with Gasteiger partial charge < -0.3 is 14.8 Å². The van der Waals surface area contributed by atoms with Crippen LogP contribution in [-0.4, -0.2) is 53.8 Å². The molecule has 1 atom stereocenters.